The van der Waals surface area contributed by atoms with Crippen LogP contribution in [0.4, 0.5) is 0 Å². The lowest BCUT2D eigenvalue weighted by molar-refractivity contribution is -0.134. The first-order valence-corrected chi connectivity index (χ1v) is 5.89. The smallest absolute Gasteiger partial charge is 0.239 e. The molecular formula is C12H22N2O2. The molecule has 0 aliphatic carbocycles. The van der Waals surface area contributed by atoms with Gasteiger partial charge >= 0.3 is 0 Å². The predicted molar refractivity (Wildman–Crippen MR) is 63.2 cm³/mol. The molecule has 0 spiro atoms. The number of likely N-dealkylation sites (tertiary alicyclic amines) is 1. The average molecular weight is 226 g/mol. The highest BCUT2D eigenvalue weighted by Gasteiger charge is 2.32. The minimum atomic E-state index is -0.109. The lowest BCUT2D eigenvalue weighted by Crippen LogP contribution is -2.47. The van der Waals surface area contributed by atoms with Gasteiger partial charge in [-0.05, 0) is 33.2 Å². The number of nitrogens with zero attached hydrogens (tertiary/aromatic N) is 2. The highest BCUT2D eigenvalue weighted by Crippen LogP contribution is 2.23. The standard InChI is InChI=1S/C12H22N2O2/c1-9(15)8-11-6-5-7-14(11)10(2)12(16)13(3)4/h10-11H,5-8H2,1-4H3. The number of ketones is 1. The zero-order valence-electron chi connectivity index (χ0n) is 10.7. The minimum absolute atomic E-state index is 0.109. The van der Waals surface area contributed by atoms with Gasteiger partial charge in [-0.3, -0.25) is 14.5 Å². The summed E-state index contributed by atoms with van der Waals surface area (Å²) in [5, 5.41) is 0. The summed E-state index contributed by atoms with van der Waals surface area (Å²) >= 11 is 0. The van der Waals surface area contributed by atoms with Gasteiger partial charge in [0.25, 0.3) is 0 Å². The first-order chi connectivity index (χ1) is 7.43. The van der Waals surface area contributed by atoms with Gasteiger partial charge in [0.05, 0.1) is 6.04 Å². The second kappa shape index (κ2) is 5.43. The SMILES string of the molecule is CC(=O)CC1CCCN1C(C)C(=O)N(C)C. The van der Waals surface area contributed by atoms with E-state index in [0.29, 0.717) is 6.42 Å². The summed E-state index contributed by atoms with van der Waals surface area (Å²) in [6.45, 7) is 4.48. The van der Waals surface area contributed by atoms with Crippen LogP contribution in [0.2, 0.25) is 0 Å². The van der Waals surface area contributed by atoms with Crippen molar-refractivity contribution >= 4 is 11.7 Å². The molecule has 4 heteroatoms. The van der Waals surface area contributed by atoms with Gasteiger partial charge in [0, 0.05) is 26.6 Å². The van der Waals surface area contributed by atoms with Crippen LogP contribution in [0.15, 0.2) is 0 Å². The van der Waals surface area contributed by atoms with Crippen molar-refractivity contribution in [1.29, 1.82) is 0 Å². The van der Waals surface area contributed by atoms with Crippen LogP contribution >= 0.6 is 0 Å². The molecule has 1 fully saturated rings. The number of hydrogen-bond acceptors (Lipinski definition) is 3. The van der Waals surface area contributed by atoms with Crippen molar-refractivity contribution in [3.8, 4) is 0 Å². The van der Waals surface area contributed by atoms with Crippen molar-refractivity contribution in [2.24, 2.45) is 0 Å². The molecule has 0 bridgehead atoms. The van der Waals surface area contributed by atoms with E-state index in [1.165, 1.54) is 0 Å². The highest BCUT2D eigenvalue weighted by atomic mass is 16.2. The van der Waals surface area contributed by atoms with Gasteiger partial charge in [-0.2, -0.15) is 0 Å². The third-order valence-electron chi connectivity index (χ3n) is 3.24. The third kappa shape index (κ3) is 3.04. The Kier molecular flexibility index (Phi) is 4.47. The summed E-state index contributed by atoms with van der Waals surface area (Å²) in [5.74, 6) is 0.330. The third-order valence-corrected chi connectivity index (χ3v) is 3.24. The van der Waals surface area contributed by atoms with Crippen LogP contribution in [0.1, 0.15) is 33.1 Å². The van der Waals surface area contributed by atoms with Crippen molar-refractivity contribution in [2.75, 3.05) is 20.6 Å². The van der Waals surface area contributed by atoms with Gasteiger partial charge in [-0.15, -0.1) is 0 Å². The molecular weight excluding hydrogens is 204 g/mol. The molecule has 0 aromatic carbocycles. The summed E-state index contributed by atoms with van der Waals surface area (Å²) in [6.07, 6.45) is 2.69. The summed E-state index contributed by atoms with van der Waals surface area (Å²) < 4.78 is 0. The Morgan fingerprint density at radius 2 is 2.06 bits per heavy atom. The molecule has 0 saturated carbocycles. The second-order valence-electron chi connectivity index (χ2n) is 4.85. The van der Waals surface area contributed by atoms with Crippen molar-refractivity contribution < 1.29 is 9.59 Å². The lowest BCUT2D eigenvalue weighted by atomic mass is 10.1. The number of likely N-dealkylation sites (N-methyl/N-ethyl adjacent to an activating group) is 1. The molecule has 0 N–H and O–H groups in total. The minimum Gasteiger partial charge on any atom is -0.347 e. The Hall–Kier alpha value is -0.900. The maximum atomic E-state index is 11.9. The van der Waals surface area contributed by atoms with Crippen molar-refractivity contribution in [1.82, 2.24) is 9.80 Å². The first kappa shape index (κ1) is 13.2. The van der Waals surface area contributed by atoms with E-state index in [1.54, 1.807) is 25.9 Å². The van der Waals surface area contributed by atoms with Crippen molar-refractivity contribution in [3.63, 3.8) is 0 Å². The van der Waals surface area contributed by atoms with Gasteiger partial charge in [0.1, 0.15) is 5.78 Å². The maximum Gasteiger partial charge on any atom is 0.239 e. The molecule has 92 valence electrons. The van der Waals surface area contributed by atoms with Crippen LogP contribution in [-0.4, -0.2) is 54.2 Å². The molecule has 1 heterocycles. The van der Waals surface area contributed by atoms with Gasteiger partial charge in [0.15, 0.2) is 0 Å². The predicted octanol–water partition coefficient (Wildman–Crippen LogP) is 0.907. The van der Waals surface area contributed by atoms with Gasteiger partial charge in [0.2, 0.25) is 5.91 Å². The number of amides is 1. The number of rotatable bonds is 4. The van der Waals surface area contributed by atoms with E-state index in [-0.39, 0.29) is 23.8 Å². The van der Waals surface area contributed by atoms with Gasteiger partial charge in [-0.1, -0.05) is 0 Å². The fraction of sp³-hybridized carbons (Fsp3) is 0.833. The van der Waals surface area contributed by atoms with E-state index in [1.807, 2.05) is 6.92 Å². The Balaban J connectivity index is 2.63. The van der Waals surface area contributed by atoms with E-state index in [4.69, 9.17) is 0 Å². The molecule has 0 aromatic rings. The van der Waals surface area contributed by atoms with E-state index in [2.05, 4.69) is 4.90 Å². The van der Waals surface area contributed by atoms with Crippen LogP contribution in [0.25, 0.3) is 0 Å². The monoisotopic (exact) mass is 226 g/mol. The second-order valence-corrected chi connectivity index (χ2v) is 4.85. The fourth-order valence-electron chi connectivity index (χ4n) is 2.43. The van der Waals surface area contributed by atoms with E-state index >= 15 is 0 Å². The van der Waals surface area contributed by atoms with Crippen LogP contribution in [0, 0.1) is 0 Å². The van der Waals surface area contributed by atoms with Crippen molar-refractivity contribution in [2.45, 2.75) is 45.2 Å². The zero-order chi connectivity index (χ0) is 12.3. The summed E-state index contributed by atoms with van der Waals surface area (Å²) in [6, 6.07) is 0.151. The molecule has 1 amide bonds. The Bertz CT molecular complexity index is 276. The molecule has 16 heavy (non-hydrogen) atoms. The highest BCUT2D eigenvalue weighted by molar-refractivity contribution is 5.81. The average Bonchev–Trinajstić information content (AvgIpc) is 2.62. The molecule has 2 atom stereocenters. The zero-order valence-corrected chi connectivity index (χ0v) is 10.7. The fourth-order valence-corrected chi connectivity index (χ4v) is 2.43. The van der Waals surface area contributed by atoms with Crippen LogP contribution in [0.5, 0.6) is 0 Å². The molecule has 0 aromatic heterocycles. The summed E-state index contributed by atoms with van der Waals surface area (Å²) in [4.78, 5) is 26.8. The molecule has 1 rings (SSSR count). The molecule has 1 aliphatic heterocycles. The van der Waals surface area contributed by atoms with Crippen LogP contribution in [-0.2, 0) is 9.59 Å². The van der Waals surface area contributed by atoms with Crippen molar-refractivity contribution in [3.05, 3.63) is 0 Å². The van der Waals surface area contributed by atoms with E-state index in [0.717, 1.165) is 19.4 Å². The molecule has 1 aliphatic rings. The van der Waals surface area contributed by atoms with Crippen LogP contribution in [0.3, 0.4) is 0 Å². The quantitative estimate of drug-likeness (QED) is 0.715. The van der Waals surface area contributed by atoms with E-state index in [9.17, 15) is 9.59 Å². The molecule has 1 saturated heterocycles. The summed E-state index contributed by atoms with van der Waals surface area (Å²) in [5.41, 5.74) is 0. The topological polar surface area (TPSA) is 40.6 Å². The van der Waals surface area contributed by atoms with Gasteiger partial charge in [-0.25, -0.2) is 0 Å². The molecule has 4 nitrogen and oxygen atoms in total. The Labute approximate surface area is 97.6 Å². The largest absolute Gasteiger partial charge is 0.347 e. The van der Waals surface area contributed by atoms with Gasteiger partial charge < -0.3 is 4.90 Å². The molecule has 2 unspecified atom stereocenters. The number of carbonyl (C=O) groups excluding carboxylic acids is 2. The first-order valence-electron chi connectivity index (χ1n) is 5.89. The number of Topliss-reactive ketones (excluding diaryl/α,β-unsaturated/α-hetero) is 1. The number of hydrogen-bond donors (Lipinski definition) is 0. The lowest BCUT2D eigenvalue weighted by Gasteiger charge is -2.30. The normalized spacial score (nSPS) is 23.1. The van der Waals surface area contributed by atoms with E-state index < -0.39 is 0 Å². The van der Waals surface area contributed by atoms with Crippen LogP contribution < -0.4 is 0 Å². The summed E-state index contributed by atoms with van der Waals surface area (Å²) in [7, 11) is 3.55. The molecule has 0 radical (unpaired) electrons. The Morgan fingerprint density at radius 3 is 2.56 bits per heavy atom. The maximum absolute atomic E-state index is 11.9. The number of carbonyl (C=O) groups is 2. The Morgan fingerprint density at radius 1 is 1.44 bits per heavy atom.